The minimum absolute atomic E-state index is 0. The SMILES string of the molecule is C=CCNC(=NCc1ccccc1OC(C)(C)C)NCC.I. The van der Waals surface area contributed by atoms with Crippen LogP contribution >= 0.6 is 24.0 Å². The molecule has 2 N–H and O–H groups in total. The summed E-state index contributed by atoms with van der Waals surface area (Å²) in [4.78, 5) is 4.58. The van der Waals surface area contributed by atoms with Gasteiger partial charge in [-0.15, -0.1) is 30.6 Å². The molecule has 22 heavy (non-hydrogen) atoms. The number of benzene rings is 1. The number of ether oxygens (including phenoxy) is 1. The summed E-state index contributed by atoms with van der Waals surface area (Å²) in [5, 5.41) is 6.39. The van der Waals surface area contributed by atoms with Gasteiger partial charge in [-0.1, -0.05) is 24.3 Å². The molecule has 1 aromatic carbocycles. The number of guanidine groups is 1. The zero-order valence-electron chi connectivity index (χ0n) is 14.0. The molecule has 1 aromatic rings. The summed E-state index contributed by atoms with van der Waals surface area (Å²) < 4.78 is 5.98. The first-order valence-corrected chi connectivity index (χ1v) is 7.36. The molecule has 0 radical (unpaired) electrons. The number of aliphatic imine (C=N–C) groups is 1. The smallest absolute Gasteiger partial charge is 0.191 e. The van der Waals surface area contributed by atoms with Gasteiger partial charge in [0.1, 0.15) is 11.4 Å². The highest BCUT2D eigenvalue weighted by Crippen LogP contribution is 2.23. The fraction of sp³-hybridized carbons (Fsp3) is 0.471. The lowest BCUT2D eigenvalue weighted by molar-refractivity contribution is 0.129. The second-order valence-corrected chi connectivity index (χ2v) is 5.69. The lowest BCUT2D eigenvalue weighted by atomic mass is 10.1. The Morgan fingerprint density at radius 2 is 1.95 bits per heavy atom. The normalized spacial score (nSPS) is 11.4. The highest BCUT2D eigenvalue weighted by atomic mass is 127. The molecule has 124 valence electrons. The zero-order valence-corrected chi connectivity index (χ0v) is 16.3. The van der Waals surface area contributed by atoms with Gasteiger partial charge in [-0.3, -0.25) is 0 Å². The first-order valence-electron chi connectivity index (χ1n) is 7.36. The van der Waals surface area contributed by atoms with Gasteiger partial charge in [0.25, 0.3) is 0 Å². The fourth-order valence-corrected chi connectivity index (χ4v) is 1.74. The van der Waals surface area contributed by atoms with Crippen LogP contribution in [0.25, 0.3) is 0 Å². The third kappa shape index (κ3) is 8.26. The standard InChI is InChI=1S/C17H27N3O.HI/c1-6-12-19-16(18-7-2)20-13-14-10-8-9-11-15(14)21-17(3,4)5;/h6,8-11H,1,7,12-13H2,2-5H3,(H2,18,19,20);1H. The summed E-state index contributed by atoms with van der Waals surface area (Å²) in [6.07, 6.45) is 1.81. The van der Waals surface area contributed by atoms with E-state index in [9.17, 15) is 0 Å². The van der Waals surface area contributed by atoms with Crippen molar-refractivity contribution in [1.82, 2.24) is 10.6 Å². The molecule has 0 aliphatic carbocycles. The van der Waals surface area contributed by atoms with Crippen LogP contribution in [0.15, 0.2) is 41.9 Å². The number of nitrogens with zero attached hydrogens (tertiary/aromatic N) is 1. The van der Waals surface area contributed by atoms with Gasteiger partial charge in [-0.05, 0) is 33.8 Å². The van der Waals surface area contributed by atoms with Crippen molar-refractivity contribution in [3.8, 4) is 5.75 Å². The van der Waals surface area contributed by atoms with Gasteiger partial charge in [0.05, 0.1) is 6.54 Å². The van der Waals surface area contributed by atoms with E-state index in [-0.39, 0.29) is 29.6 Å². The van der Waals surface area contributed by atoms with Crippen molar-refractivity contribution in [1.29, 1.82) is 0 Å². The number of halogens is 1. The number of hydrogen-bond acceptors (Lipinski definition) is 2. The summed E-state index contributed by atoms with van der Waals surface area (Å²) in [5.41, 5.74) is 0.856. The molecule has 0 aliphatic rings. The monoisotopic (exact) mass is 417 g/mol. The minimum Gasteiger partial charge on any atom is -0.488 e. The van der Waals surface area contributed by atoms with Crippen molar-refractivity contribution in [3.63, 3.8) is 0 Å². The maximum Gasteiger partial charge on any atom is 0.191 e. The third-order valence-corrected chi connectivity index (χ3v) is 2.55. The lowest BCUT2D eigenvalue weighted by Gasteiger charge is -2.23. The molecule has 5 heteroatoms. The van der Waals surface area contributed by atoms with Crippen LogP contribution in [0.5, 0.6) is 5.75 Å². The summed E-state index contributed by atoms with van der Waals surface area (Å²) in [6, 6.07) is 8.02. The Morgan fingerprint density at radius 1 is 1.27 bits per heavy atom. The van der Waals surface area contributed by atoms with Crippen molar-refractivity contribution < 1.29 is 4.74 Å². The van der Waals surface area contributed by atoms with Crippen molar-refractivity contribution >= 4 is 29.9 Å². The summed E-state index contributed by atoms with van der Waals surface area (Å²) in [6.45, 7) is 14.0. The Labute approximate surface area is 151 Å². The van der Waals surface area contributed by atoms with E-state index >= 15 is 0 Å². The minimum atomic E-state index is -0.217. The molecule has 0 fully saturated rings. The van der Waals surface area contributed by atoms with Crippen LogP contribution in [0.3, 0.4) is 0 Å². The molecule has 0 spiro atoms. The lowest BCUT2D eigenvalue weighted by Crippen LogP contribution is -2.37. The van der Waals surface area contributed by atoms with E-state index in [1.807, 2.05) is 58.0 Å². The number of hydrogen-bond donors (Lipinski definition) is 2. The molecule has 1 rings (SSSR count). The molecule has 0 atom stereocenters. The molecule has 0 aromatic heterocycles. The quantitative estimate of drug-likeness (QED) is 0.321. The number of para-hydroxylation sites is 1. The topological polar surface area (TPSA) is 45.7 Å². The third-order valence-electron chi connectivity index (χ3n) is 2.55. The highest BCUT2D eigenvalue weighted by Gasteiger charge is 2.14. The fourth-order valence-electron chi connectivity index (χ4n) is 1.74. The Kier molecular flexibility index (Phi) is 9.89. The van der Waals surface area contributed by atoms with Crippen LogP contribution in [0.1, 0.15) is 33.3 Å². The molecule has 0 heterocycles. The van der Waals surface area contributed by atoms with Crippen LogP contribution in [0.2, 0.25) is 0 Å². The maximum absolute atomic E-state index is 5.98. The molecule has 0 saturated carbocycles. The van der Waals surface area contributed by atoms with Gasteiger partial charge in [-0.2, -0.15) is 0 Å². The van der Waals surface area contributed by atoms with Crippen molar-refractivity contribution in [2.24, 2.45) is 4.99 Å². The molecule has 0 amide bonds. The van der Waals surface area contributed by atoms with Gasteiger partial charge in [0, 0.05) is 18.7 Å². The van der Waals surface area contributed by atoms with Gasteiger partial charge >= 0.3 is 0 Å². The molecule has 4 nitrogen and oxygen atoms in total. The van der Waals surface area contributed by atoms with Gasteiger partial charge in [-0.25, -0.2) is 4.99 Å². The molecular weight excluding hydrogens is 389 g/mol. The van der Waals surface area contributed by atoms with Crippen LogP contribution in [-0.4, -0.2) is 24.7 Å². The first-order chi connectivity index (χ1) is 9.96. The Balaban J connectivity index is 0.00000441. The van der Waals surface area contributed by atoms with Crippen molar-refractivity contribution in [3.05, 3.63) is 42.5 Å². The summed E-state index contributed by atoms with van der Waals surface area (Å²) in [7, 11) is 0. The Morgan fingerprint density at radius 3 is 2.55 bits per heavy atom. The van der Waals surface area contributed by atoms with E-state index < -0.39 is 0 Å². The average molecular weight is 417 g/mol. The first kappa shape index (κ1) is 20.8. The molecule has 0 saturated heterocycles. The van der Waals surface area contributed by atoms with Crippen LogP contribution in [-0.2, 0) is 6.54 Å². The van der Waals surface area contributed by atoms with Crippen molar-refractivity contribution in [2.45, 2.75) is 39.8 Å². The summed E-state index contributed by atoms with van der Waals surface area (Å²) >= 11 is 0. The van der Waals surface area contributed by atoms with E-state index in [1.165, 1.54) is 0 Å². The van der Waals surface area contributed by atoms with Crippen molar-refractivity contribution in [2.75, 3.05) is 13.1 Å². The van der Waals surface area contributed by atoms with E-state index in [2.05, 4.69) is 22.2 Å². The molecule has 0 aliphatic heterocycles. The molecular formula is C17H28IN3O. The Bertz CT molecular complexity index is 481. The van der Waals surface area contributed by atoms with Gasteiger partial charge < -0.3 is 15.4 Å². The van der Waals surface area contributed by atoms with Crippen LogP contribution < -0.4 is 15.4 Å². The maximum atomic E-state index is 5.98. The van der Waals surface area contributed by atoms with Crippen LogP contribution in [0, 0.1) is 0 Å². The summed E-state index contributed by atoms with van der Waals surface area (Å²) in [5.74, 6) is 1.66. The van der Waals surface area contributed by atoms with Crippen LogP contribution in [0.4, 0.5) is 0 Å². The van der Waals surface area contributed by atoms with E-state index in [1.54, 1.807) is 0 Å². The van der Waals surface area contributed by atoms with E-state index in [0.717, 1.165) is 23.8 Å². The zero-order chi connectivity index (χ0) is 15.7. The van der Waals surface area contributed by atoms with Gasteiger partial charge in [0.2, 0.25) is 0 Å². The number of rotatable bonds is 6. The number of nitrogens with one attached hydrogen (secondary N) is 2. The molecule has 0 unspecified atom stereocenters. The second kappa shape index (κ2) is 10.5. The molecule has 0 bridgehead atoms. The largest absolute Gasteiger partial charge is 0.488 e. The predicted molar refractivity (Wildman–Crippen MR) is 105 cm³/mol. The highest BCUT2D eigenvalue weighted by molar-refractivity contribution is 14.0. The van der Waals surface area contributed by atoms with E-state index in [4.69, 9.17) is 4.74 Å². The predicted octanol–water partition coefficient (Wildman–Crippen LogP) is 3.72. The van der Waals surface area contributed by atoms with E-state index in [0.29, 0.717) is 13.1 Å². The average Bonchev–Trinajstić information content (AvgIpc) is 2.41. The van der Waals surface area contributed by atoms with Gasteiger partial charge in [0.15, 0.2) is 5.96 Å². The second-order valence-electron chi connectivity index (χ2n) is 5.69. The Hall–Kier alpha value is -1.24.